The summed E-state index contributed by atoms with van der Waals surface area (Å²) in [6.45, 7) is 0. The molecule has 18 heavy (non-hydrogen) atoms. The van der Waals surface area contributed by atoms with Gasteiger partial charge < -0.3 is 0 Å². The molecule has 0 aliphatic rings. The van der Waals surface area contributed by atoms with Crippen LogP contribution >= 0.6 is 11.3 Å². The molecule has 1 aromatic heterocycles. The van der Waals surface area contributed by atoms with E-state index in [0.29, 0.717) is 5.56 Å². The van der Waals surface area contributed by atoms with Crippen molar-refractivity contribution in [2.24, 2.45) is 0 Å². The minimum absolute atomic E-state index is 0.219. The molecule has 0 unspecified atom stereocenters. The van der Waals surface area contributed by atoms with E-state index >= 15 is 0 Å². The van der Waals surface area contributed by atoms with Gasteiger partial charge >= 0.3 is 0 Å². The van der Waals surface area contributed by atoms with E-state index in [9.17, 15) is 9.18 Å². The second-order valence-corrected chi connectivity index (χ2v) is 5.12. The van der Waals surface area contributed by atoms with Crippen LogP contribution in [0.5, 0.6) is 0 Å². The summed E-state index contributed by atoms with van der Waals surface area (Å²) in [5.74, 6) is -0.219. The predicted octanol–water partition coefficient (Wildman–Crippen LogP) is 4.52. The van der Waals surface area contributed by atoms with Crippen LogP contribution in [0.1, 0.15) is 10.4 Å². The fourth-order valence-electron chi connectivity index (χ4n) is 1.88. The van der Waals surface area contributed by atoms with Gasteiger partial charge in [-0.2, -0.15) is 0 Å². The van der Waals surface area contributed by atoms with Crippen LogP contribution in [0.15, 0.2) is 48.5 Å². The fourth-order valence-corrected chi connectivity index (χ4v) is 2.93. The van der Waals surface area contributed by atoms with Crippen molar-refractivity contribution in [3.8, 4) is 10.4 Å². The van der Waals surface area contributed by atoms with E-state index in [2.05, 4.69) is 0 Å². The van der Waals surface area contributed by atoms with Crippen LogP contribution in [-0.2, 0) is 0 Å². The summed E-state index contributed by atoms with van der Waals surface area (Å²) in [5.41, 5.74) is 1.70. The quantitative estimate of drug-likeness (QED) is 0.616. The zero-order valence-electron chi connectivity index (χ0n) is 9.39. The van der Waals surface area contributed by atoms with Crippen LogP contribution in [0.2, 0.25) is 0 Å². The number of hydrogen-bond donors (Lipinski definition) is 0. The zero-order chi connectivity index (χ0) is 12.5. The topological polar surface area (TPSA) is 17.1 Å². The molecule has 0 aliphatic heterocycles. The molecule has 0 saturated heterocycles. The molecule has 0 saturated carbocycles. The number of halogens is 1. The average Bonchev–Trinajstić information content (AvgIpc) is 2.81. The van der Waals surface area contributed by atoms with Crippen molar-refractivity contribution in [3.63, 3.8) is 0 Å². The standard InChI is InChI=1S/C15H9FOS/c16-13-5-6-14-12(7-13)8-15(18-14)11-3-1-10(9-17)2-4-11/h1-9H. The smallest absolute Gasteiger partial charge is 0.150 e. The molecule has 1 heterocycles. The zero-order valence-corrected chi connectivity index (χ0v) is 10.2. The lowest BCUT2D eigenvalue weighted by atomic mass is 10.1. The lowest BCUT2D eigenvalue weighted by Gasteiger charge is -1.96. The Kier molecular flexibility index (Phi) is 2.68. The molecular formula is C15H9FOS. The minimum Gasteiger partial charge on any atom is -0.298 e. The monoisotopic (exact) mass is 256 g/mol. The highest BCUT2D eigenvalue weighted by Gasteiger charge is 2.05. The summed E-state index contributed by atoms with van der Waals surface area (Å²) in [7, 11) is 0. The summed E-state index contributed by atoms with van der Waals surface area (Å²) >= 11 is 1.62. The van der Waals surface area contributed by atoms with Crippen LogP contribution in [0, 0.1) is 5.82 Å². The maximum Gasteiger partial charge on any atom is 0.150 e. The van der Waals surface area contributed by atoms with Crippen LogP contribution in [0.25, 0.3) is 20.5 Å². The molecule has 0 amide bonds. The van der Waals surface area contributed by atoms with Crippen molar-refractivity contribution in [1.29, 1.82) is 0 Å². The Bertz CT molecular complexity index is 713. The second-order valence-electron chi connectivity index (χ2n) is 4.03. The SMILES string of the molecule is O=Cc1ccc(-c2cc3cc(F)ccc3s2)cc1. The summed E-state index contributed by atoms with van der Waals surface area (Å²) in [6.07, 6.45) is 0.823. The molecule has 3 aromatic rings. The van der Waals surface area contributed by atoms with Gasteiger partial charge in [-0.05, 0) is 35.2 Å². The van der Waals surface area contributed by atoms with Crippen LogP contribution in [0.4, 0.5) is 4.39 Å². The maximum atomic E-state index is 13.1. The maximum absolute atomic E-state index is 13.1. The lowest BCUT2D eigenvalue weighted by Crippen LogP contribution is -1.78. The van der Waals surface area contributed by atoms with E-state index in [0.717, 1.165) is 26.8 Å². The molecule has 3 rings (SSSR count). The van der Waals surface area contributed by atoms with Gasteiger partial charge in [0.15, 0.2) is 0 Å². The van der Waals surface area contributed by atoms with Gasteiger partial charge in [0, 0.05) is 15.1 Å². The predicted molar refractivity (Wildman–Crippen MR) is 72.6 cm³/mol. The first-order valence-corrected chi connectivity index (χ1v) is 6.32. The Labute approximate surface area is 108 Å². The molecule has 0 radical (unpaired) electrons. The van der Waals surface area contributed by atoms with Gasteiger partial charge in [0.2, 0.25) is 0 Å². The molecule has 88 valence electrons. The van der Waals surface area contributed by atoms with E-state index < -0.39 is 0 Å². The third-order valence-corrected chi connectivity index (χ3v) is 3.97. The summed E-state index contributed by atoms with van der Waals surface area (Å²) in [6, 6.07) is 14.2. The van der Waals surface area contributed by atoms with Crippen LogP contribution in [-0.4, -0.2) is 6.29 Å². The van der Waals surface area contributed by atoms with Crippen molar-refractivity contribution in [2.75, 3.05) is 0 Å². The van der Waals surface area contributed by atoms with Gasteiger partial charge in [-0.3, -0.25) is 4.79 Å². The molecule has 0 atom stereocenters. The van der Waals surface area contributed by atoms with E-state index in [1.165, 1.54) is 12.1 Å². The third kappa shape index (κ3) is 1.93. The summed E-state index contributed by atoms with van der Waals surface area (Å²) in [5, 5.41) is 0.912. The fraction of sp³-hybridized carbons (Fsp3) is 0. The first-order chi connectivity index (χ1) is 8.76. The van der Waals surface area contributed by atoms with E-state index in [-0.39, 0.29) is 5.82 Å². The molecule has 0 aliphatic carbocycles. The summed E-state index contributed by atoms with van der Waals surface area (Å²) < 4.78 is 14.2. The number of thiophene rings is 1. The van der Waals surface area contributed by atoms with Crippen LogP contribution < -0.4 is 0 Å². The first kappa shape index (κ1) is 11.1. The Balaban J connectivity index is 2.10. The second kappa shape index (κ2) is 4.35. The van der Waals surface area contributed by atoms with Gasteiger partial charge in [0.25, 0.3) is 0 Å². The van der Waals surface area contributed by atoms with Crippen molar-refractivity contribution in [2.45, 2.75) is 0 Å². The number of hydrogen-bond acceptors (Lipinski definition) is 2. The van der Waals surface area contributed by atoms with Gasteiger partial charge in [0.1, 0.15) is 12.1 Å². The Morgan fingerprint density at radius 3 is 2.50 bits per heavy atom. The molecule has 0 bridgehead atoms. The Hall–Kier alpha value is -2.00. The lowest BCUT2D eigenvalue weighted by molar-refractivity contribution is 0.112. The number of carbonyl (C=O) groups is 1. The average molecular weight is 256 g/mol. The molecule has 0 spiro atoms. The van der Waals surface area contributed by atoms with Crippen molar-refractivity contribution in [1.82, 2.24) is 0 Å². The highest BCUT2D eigenvalue weighted by Crippen LogP contribution is 2.33. The number of rotatable bonds is 2. The highest BCUT2D eigenvalue weighted by atomic mass is 32.1. The van der Waals surface area contributed by atoms with Crippen LogP contribution in [0.3, 0.4) is 0 Å². The minimum atomic E-state index is -0.219. The van der Waals surface area contributed by atoms with E-state index in [1.807, 2.05) is 18.2 Å². The molecule has 0 N–H and O–H groups in total. The van der Waals surface area contributed by atoms with Gasteiger partial charge in [-0.15, -0.1) is 11.3 Å². The van der Waals surface area contributed by atoms with Crippen molar-refractivity contribution >= 4 is 27.7 Å². The molecular weight excluding hydrogens is 247 g/mol. The largest absolute Gasteiger partial charge is 0.298 e. The molecule has 0 fully saturated rings. The van der Waals surface area contributed by atoms with Gasteiger partial charge in [0.05, 0.1) is 0 Å². The molecule has 2 aromatic carbocycles. The Morgan fingerprint density at radius 2 is 1.78 bits per heavy atom. The van der Waals surface area contributed by atoms with Gasteiger partial charge in [-0.1, -0.05) is 24.3 Å². The third-order valence-electron chi connectivity index (χ3n) is 2.81. The van der Waals surface area contributed by atoms with E-state index in [1.54, 1.807) is 29.5 Å². The normalized spacial score (nSPS) is 10.7. The summed E-state index contributed by atoms with van der Waals surface area (Å²) in [4.78, 5) is 11.7. The molecule has 1 nitrogen and oxygen atoms in total. The van der Waals surface area contributed by atoms with Crippen molar-refractivity contribution < 1.29 is 9.18 Å². The van der Waals surface area contributed by atoms with E-state index in [4.69, 9.17) is 0 Å². The Morgan fingerprint density at radius 1 is 1.00 bits per heavy atom. The number of benzene rings is 2. The number of aldehydes is 1. The highest BCUT2D eigenvalue weighted by molar-refractivity contribution is 7.22. The number of fused-ring (bicyclic) bond motifs is 1. The first-order valence-electron chi connectivity index (χ1n) is 5.51. The number of carbonyl (C=O) groups excluding carboxylic acids is 1. The van der Waals surface area contributed by atoms with Crippen molar-refractivity contribution in [3.05, 3.63) is 59.9 Å². The van der Waals surface area contributed by atoms with Gasteiger partial charge in [-0.25, -0.2) is 4.39 Å². The molecule has 3 heteroatoms.